The number of carbonyl (C=O) groups excluding carboxylic acids is 2. The van der Waals surface area contributed by atoms with Crippen LogP contribution in [0.2, 0.25) is 0 Å². The van der Waals surface area contributed by atoms with Crippen molar-refractivity contribution in [2.75, 3.05) is 26.8 Å². The first-order valence-electron chi connectivity index (χ1n) is 6.26. The van der Waals surface area contributed by atoms with Crippen LogP contribution in [-0.2, 0) is 9.59 Å². The zero-order valence-corrected chi connectivity index (χ0v) is 10.9. The first-order valence-corrected chi connectivity index (χ1v) is 6.26. The van der Waals surface area contributed by atoms with E-state index in [1.54, 1.807) is 24.1 Å². The molecule has 19 heavy (non-hydrogen) atoms. The van der Waals surface area contributed by atoms with Crippen LogP contribution >= 0.6 is 0 Å². The van der Waals surface area contributed by atoms with Crippen LogP contribution in [0.4, 0.5) is 0 Å². The number of benzene rings is 1. The van der Waals surface area contributed by atoms with Crippen molar-refractivity contribution < 1.29 is 19.1 Å². The lowest BCUT2D eigenvalue weighted by Gasteiger charge is -2.25. The third-order valence-electron chi connectivity index (χ3n) is 3.02. The molecule has 0 saturated carbocycles. The molecule has 1 saturated heterocycles. The molecule has 1 aromatic carbocycles. The van der Waals surface area contributed by atoms with Crippen molar-refractivity contribution in [1.82, 2.24) is 4.90 Å². The summed E-state index contributed by atoms with van der Waals surface area (Å²) in [6.45, 7) is 0.752. The van der Waals surface area contributed by atoms with E-state index < -0.39 is 0 Å². The van der Waals surface area contributed by atoms with E-state index in [1.165, 1.54) is 0 Å². The number of amides is 1. The number of para-hydroxylation sites is 2. The lowest BCUT2D eigenvalue weighted by atomic mass is 10.1. The van der Waals surface area contributed by atoms with Gasteiger partial charge in [0.2, 0.25) is 0 Å². The zero-order valence-electron chi connectivity index (χ0n) is 10.9. The predicted molar refractivity (Wildman–Crippen MR) is 69.3 cm³/mol. The van der Waals surface area contributed by atoms with Gasteiger partial charge in [-0.2, -0.15) is 0 Å². The normalized spacial score (nSPS) is 15.2. The van der Waals surface area contributed by atoms with Crippen molar-refractivity contribution in [1.29, 1.82) is 0 Å². The van der Waals surface area contributed by atoms with Gasteiger partial charge < -0.3 is 14.4 Å². The zero-order chi connectivity index (χ0) is 13.7. The first-order chi connectivity index (χ1) is 9.20. The van der Waals surface area contributed by atoms with Crippen LogP contribution in [0.25, 0.3) is 0 Å². The Kier molecular flexibility index (Phi) is 4.39. The Labute approximate surface area is 112 Å². The highest BCUT2D eigenvalue weighted by Gasteiger charge is 2.21. The second-order valence-corrected chi connectivity index (χ2v) is 4.40. The van der Waals surface area contributed by atoms with Gasteiger partial charge in [0.15, 0.2) is 23.9 Å². The van der Waals surface area contributed by atoms with Crippen LogP contribution in [0, 0.1) is 0 Å². The summed E-state index contributed by atoms with van der Waals surface area (Å²) in [6, 6.07) is 7.15. The fourth-order valence-electron chi connectivity index (χ4n) is 2.02. The topological polar surface area (TPSA) is 55.8 Å². The maximum Gasteiger partial charge on any atom is 0.260 e. The summed E-state index contributed by atoms with van der Waals surface area (Å²) < 4.78 is 10.6. The first kappa shape index (κ1) is 13.4. The number of rotatable bonds is 4. The molecule has 0 unspecified atom stereocenters. The molecule has 0 aromatic heterocycles. The number of ketones is 1. The van der Waals surface area contributed by atoms with Crippen molar-refractivity contribution in [3.8, 4) is 11.5 Å². The van der Waals surface area contributed by atoms with E-state index in [0.29, 0.717) is 24.5 Å². The van der Waals surface area contributed by atoms with Crippen molar-refractivity contribution in [2.45, 2.75) is 12.8 Å². The predicted octanol–water partition coefficient (Wildman–Crippen LogP) is 1.27. The van der Waals surface area contributed by atoms with Crippen LogP contribution in [0.5, 0.6) is 11.5 Å². The van der Waals surface area contributed by atoms with Crippen molar-refractivity contribution in [2.24, 2.45) is 0 Å². The Hall–Kier alpha value is -2.04. The molecule has 0 aliphatic carbocycles. The Bertz CT molecular complexity index is 472. The van der Waals surface area contributed by atoms with Gasteiger partial charge in [-0.05, 0) is 18.6 Å². The van der Waals surface area contributed by atoms with Gasteiger partial charge in [0.25, 0.3) is 5.91 Å². The Morgan fingerprint density at radius 1 is 1.32 bits per heavy atom. The summed E-state index contributed by atoms with van der Waals surface area (Å²) >= 11 is 0. The van der Waals surface area contributed by atoms with E-state index in [9.17, 15) is 9.59 Å². The van der Waals surface area contributed by atoms with E-state index in [1.807, 2.05) is 12.1 Å². The number of ether oxygens (including phenoxy) is 2. The maximum atomic E-state index is 11.9. The van der Waals surface area contributed by atoms with Crippen LogP contribution in [0.15, 0.2) is 24.3 Å². The summed E-state index contributed by atoms with van der Waals surface area (Å²) in [6.07, 6.45) is 1.30. The molecule has 1 amide bonds. The Morgan fingerprint density at radius 2 is 2.05 bits per heavy atom. The van der Waals surface area contributed by atoms with Gasteiger partial charge in [0.05, 0.1) is 13.7 Å². The Balaban J connectivity index is 1.91. The van der Waals surface area contributed by atoms with Crippen LogP contribution < -0.4 is 9.47 Å². The number of hydrogen-bond acceptors (Lipinski definition) is 4. The molecule has 0 atom stereocenters. The van der Waals surface area contributed by atoms with Crippen LogP contribution in [-0.4, -0.2) is 43.4 Å². The van der Waals surface area contributed by atoms with Crippen molar-refractivity contribution in [3.63, 3.8) is 0 Å². The molecule has 0 bridgehead atoms. The smallest absolute Gasteiger partial charge is 0.260 e. The molecule has 1 aromatic rings. The molecule has 5 nitrogen and oxygen atoms in total. The summed E-state index contributed by atoms with van der Waals surface area (Å²) in [7, 11) is 1.55. The van der Waals surface area contributed by atoms with Gasteiger partial charge in [-0.25, -0.2) is 0 Å². The van der Waals surface area contributed by atoms with Gasteiger partial charge in [-0.15, -0.1) is 0 Å². The highest BCUT2D eigenvalue weighted by molar-refractivity contribution is 5.87. The number of likely N-dealkylation sites (tertiary alicyclic amines) is 1. The quantitative estimate of drug-likeness (QED) is 0.820. The van der Waals surface area contributed by atoms with E-state index in [0.717, 1.165) is 6.42 Å². The van der Waals surface area contributed by atoms with Crippen molar-refractivity contribution in [3.05, 3.63) is 24.3 Å². The van der Waals surface area contributed by atoms with Gasteiger partial charge in [-0.3, -0.25) is 9.59 Å². The number of Topliss-reactive ketones (excluding diaryl/α,β-unsaturated/α-hetero) is 1. The SMILES string of the molecule is COc1ccccc1OCC(=O)N1CCCC(=O)C1. The van der Waals surface area contributed by atoms with E-state index in [4.69, 9.17) is 9.47 Å². The monoisotopic (exact) mass is 263 g/mol. The minimum atomic E-state index is -0.168. The third-order valence-corrected chi connectivity index (χ3v) is 3.02. The van der Waals surface area contributed by atoms with Crippen LogP contribution in [0.1, 0.15) is 12.8 Å². The third kappa shape index (κ3) is 3.47. The average Bonchev–Trinajstić information content (AvgIpc) is 2.45. The number of nitrogens with zero attached hydrogens (tertiary/aromatic N) is 1. The molecule has 0 spiro atoms. The molecule has 0 radical (unpaired) electrons. The summed E-state index contributed by atoms with van der Waals surface area (Å²) in [5.74, 6) is 1.06. The molecule has 0 N–H and O–H groups in total. The molecule has 1 heterocycles. The lowest BCUT2D eigenvalue weighted by molar-refractivity contribution is -0.139. The largest absolute Gasteiger partial charge is 0.493 e. The summed E-state index contributed by atoms with van der Waals surface area (Å²) in [4.78, 5) is 24.8. The maximum absolute atomic E-state index is 11.9. The molecule has 2 rings (SSSR count). The molecule has 1 aliphatic rings. The molecule has 1 aliphatic heterocycles. The number of carbonyl (C=O) groups is 2. The highest BCUT2D eigenvalue weighted by atomic mass is 16.5. The fraction of sp³-hybridized carbons (Fsp3) is 0.429. The van der Waals surface area contributed by atoms with Gasteiger partial charge in [-0.1, -0.05) is 12.1 Å². The fourth-order valence-corrected chi connectivity index (χ4v) is 2.02. The lowest BCUT2D eigenvalue weighted by Crippen LogP contribution is -2.42. The summed E-state index contributed by atoms with van der Waals surface area (Å²) in [5, 5.41) is 0. The van der Waals surface area contributed by atoms with E-state index in [-0.39, 0.29) is 24.8 Å². The second-order valence-electron chi connectivity index (χ2n) is 4.40. The standard InChI is InChI=1S/C14H17NO4/c1-18-12-6-2-3-7-13(12)19-10-14(17)15-8-4-5-11(16)9-15/h2-3,6-7H,4-5,8-10H2,1H3. The van der Waals surface area contributed by atoms with Gasteiger partial charge in [0.1, 0.15) is 0 Å². The van der Waals surface area contributed by atoms with E-state index >= 15 is 0 Å². The van der Waals surface area contributed by atoms with Crippen LogP contribution in [0.3, 0.4) is 0 Å². The number of hydrogen-bond donors (Lipinski definition) is 0. The highest BCUT2D eigenvalue weighted by Crippen LogP contribution is 2.25. The van der Waals surface area contributed by atoms with Gasteiger partial charge in [0, 0.05) is 13.0 Å². The summed E-state index contributed by atoms with van der Waals surface area (Å²) in [5.41, 5.74) is 0. The van der Waals surface area contributed by atoms with Gasteiger partial charge >= 0.3 is 0 Å². The number of piperidine rings is 1. The molecular weight excluding hydrogens is 246 g/mol. The molecule has 102 valence electrons. The molecule has 1 fully saturated rings. The second kappa shape index (κ2) is 6.22. The molecular formula is C14H17NO4. The number of methoxy groups -OCH3 is 1. The van der Waals surface area contributed by atoms with E-state index in [2.05, 4.69) is 0 Å². The molecule has 5 heteroatoms. The average molecular weight is 263 g/mol. The minimum Gasteiger partial charge on any atom is -0.493 e. The van der Waals surface area contributed by atoms with Crippen molar-refractivity contribution >= 4 is 11.7 Å². The minimum absolute atomic E-state index is 0.0757. The Morgan fingerprint density at radius 3 is 2.74 bits per heavy atom.